The Morgan fingerprint density at radius 2 is 1.78 bits per heavy atom. The number of benzene rings is 1. The molecule has 124 valence electrons. The fourth-order valence-electron chi connectivity index (χ4n) is 2.60. The zero-order chi connectivity index (χ0) is 17.4. The third kappa shape index (κ3) is 3.38. The number of nitrogens with zero attached hydrogens (tertiary/aromatic N) is 2. The van der Waals surface area contributed by atoms with Gasteiger partial charge in [-0.3, -0.25) is 0 Å². The van der Waals surface area contributed by atoms with Crippen LogP contribution in [0.4, 0.5) is 13.2 Å². The van der Waals surface area contributed by atoms with Crippen LogP contribution in [0.5, 0.6) is 0 Å². The molecular weight excluding hydrogens is 309 g/mol. The summed E-state index contributed by atoms with van der Waals surface area (Å²) in [5, 5.41) is 3.60. The Balaban J connectivity index is 2.70. The van der Waals surface area contributed by atoms with Crippen molar-refractivity contribution in [2.24, 2.45) is 0 Å². The van der Waals surface area contributed by atoms with Crippen LogP contribution >= 0.6 is 0 Å². The lowest BCUT2D eigenvalue weighted by atomic mass is 9.95. The van der Waals surface area contributed by atoms with Crippen molar-refractivity contribution in [3.05, 3.63) is 40.6 Å². The van der Waals surface area contributed by atoms with Crippen molar-refractivity contribution in [3.8, 4) is 11.3 Å². The van der Waals surface area contributed by atoms with Gasteiger partial charge in [-0.25, -0.2) is 4.79 Å². The minimum absolute atomic E-state index is 0.0178. The van der Waals surface area contributed by atoms with Crippen molar-refractivity contribution in [2.75, 3.05) is 6.61 Å². The highest BCUT2D eigenvalue weighted by atomic mass is 19.4. The summed E-state index contributed by atoms with van der Waals surface area (Å²) in [6, 6.07) is 3.67. The predicted molar refractivity (Wildman–Crippen MR) is 79.1 cm³/mol. The molecule has 1 aromatic heterocycles. The smallest absolute Gasteiger partial charge is 0.462 e. The number of ether oxygens (including phenoxy) is 1. The molecule has 1 aromatic carbocycles. The molecule has 0 aliphatic carbocycles. The highest BCUT2D eigenvalue weighted by Crippen LogP contribution is 2.33. The first-order chi connectivity index (χ1) is 10.6. The van der Waals surface area contributed by atoms with E-state index in [0.717, 1.165) is 16.7 Å². The minimum Gasteiger partial charge on any atom is -0.462 e. The van der Waals surface area contributed by atoms with E-state index in [1.54, 1.807) is 20.8 Å². The zero-order valence-corrected chi connectivity index (χ0v) is 13.3. The molecule has 0 bridgehead atoms. The van der Waals surface area contributed by atoms with Gasteiger partial charge in [0.15, 0.2) is 0 Å². The van der Waals surface area contributed by atoms with Crippen molar-refractivity contribution in [1.29, 1.82) is 0 Å². The molecule has 2 rings (SSSR count). The SMILES string of the molecule is CCOC(=O)c1cn(C(F)(F)F)nc1-c1c(C)cc(C)cc1C. The van der Waals surface area contributed by atoms with Crippen LogP contribution in [0.3, 0.4) is 0 Å². The minimum atomic E-state index is -4.70. The van der Waals surface area contributed by atoms with Gasteiger partial charge >= 0.3 is 12.3 Å². The van der Waals surface area contributed by atoms with Gasteiger partial charge in [0.1, 0.15) is 11.3 Å². The molecule has 0 saturated carbocycles. The lowest BCUT2D eigenvalue weighted by Gasteiger charge is -2.11. The molecule has 23 heavy (non-hydrogen) atoms. The molecule has 0 saturated heterocycles. The van der Waals surface area contributed by atoms with Crippen molar-refractivity contribution in [3.63, 3.8) is 0 Å². The van der Waals surface area contributed by atoms with E-state index in [0.29, 0.717) is 11.8 Å². The van der Waals surface area contributed by atoms with E-state index in [9.17, 15) is 18.0 Å². The Bertz CT molecular complexity index is 725. The van der Waals surface area contributed by atoms with Gasteiger partial charge < -0.3 is 4.74 Å². The van der Waals surface area contributed by atoms with E-state index in [4.69, 9.17) is 4.74 Å². The quantitative estimate of drug-likeness (QED) is 0.797. The van der Waals surface area contributed by atoms with Gasteiger partial charge in [-0.1, -0.05) is 17.7 Å². The van der Waals surface area contributed by atoms with Gasteiger partial charge in [0.05, 0.1) is 6.61 Å². The Labute approximate surface area is 131 Å². The normalized spacial score (nSPS) is 11.6. The van der Waals surface area contributed by atoms with Crippen LogP contribution in [-0.2, 0) is 11.0 Å². The summed E-state index contributed by atoms with van der Waals surface area (Å²) in [7, 11) is 0. The van der Waals surface area contributed by atoms with Gasteiger partial charge in [0, 0.05) is 11.8 Å². The Kier molecular flexibility index (Phi) is 4.49. The molecule has 0 amide bonds. The molecule has 0 spiro atoms. The van der Waals surface area contributed by atoms with Crippen molar-refractivity contribution in [1.82, 2.24) is 9.78 Å². The first-order valence-corrected chi connectivity index (χ1v) is 7.07. The average Bonchev–Trinajstić information content (AvgIpc) is 2.82. The monoisotopic (exact) mass is 326 g/mol. The molecule has 0 aliphatic heterocycles. The zero-order valence-electron chi connectivity index (χ0n) is 13.3. The van der Waals surface area contributed by atoms with Crippen LogP contribution in [0.25, 0.3) is 11.3 Å². The van der Waals surface area contributed by atoms with Gasteiger partial charge in [0.2, 0.25) is 0 Å². The molecule has 7 heteroatoms. The number of hydrogen-bond acceptors (Lipinski definition) is 3. The first-order valence-electron chi connectivity index (χ1n) is 7.07. The Morgan fingerprint density at radius 3 is 2.26 bits per heavy atom. The molecule has 0 radical (unpaired) electrons. The molecule has 0 aliphatic rings. The van der Waals surface area contributed by atoms with Gasteiger partial charge in [-0.15, -0.1) is 13.2 Å². The number of hydrogen-bond donors (Lipinski definition) is 0. The molecule has 0 atom stereocenters. The first kappa shape index (κ1) is 17.1. The number of alkyl halides is 3. The third-order valence-electron chi connectivity index (χ3n) is 3.38. The second-order valence-corrected chi connectivity index (χ2v) is 5.30. The second-order valence-electron chi connectivity index (χ2n) is 5.30. The number of carbonyl (C=O) groups is 1. The lowest BCUT2D eigenvalue weighted by Crippen LogP contribution is -2.17. The maximum atomic E-state index is 13.0. The van der Waals surface area contributed by atoms with Crippen molar-refractivity contribution < 1.29 is 22.7 Å². The molecule has 4 nitrogen and oxygen atoms in total. The largest absolute Gasteiger partial charge is 0.504 e. The highest BCUT2D eigenvalue weighted by molar-refractivity contribution is 5.96. The topological polar surface area (TPSA) is 44.1 Å². The van der Waals surface area contributed by atoms with Crippen LogP contribution in [0, 0.1) is 20.8 Å². The highest BCUT2D eigenvalue weighted by Gasteiger charge is 2.35. The van der Waals surface area contributed by atoms with Crippen LogP contribution < -0.4 is 0 Å². The number of halogens is 3. The molecule has 2 aromatic rings. The van der Waals surface area contributed by atoms with E-state index in [-0.39, 0.29) is 22.5 Å². The maximum Gasteiger partial charge on any atom is 0.504 e. The molecule has 0 unspecified atom stereocenters. The van der Waals surface area contributed by atoms with Crippen LogP contribution in [0.1, 0.15) is 34.0 Å². The fraction of sp³-hybridized carbons (Fsp3) is 0.375. The standard InChI is InChI=1S/C16H17F3N2O2/c1-5-23-15(22)12-8-21(16(17,18)19)20-14(12)13-10(3)6-9(2)7-11(13)4/h6-8H,5H2,1-4H3. The molecule has 1 heterocycles. The molecule has 0 fully saturated rings. The number of rotatable bonds is 3. The number of carbonyl (C=O) groups excluding carboxylic acids is 1. The van der Waals surface area contributed by atoms with E-state index in [1.807, 2.05) is 19.1 Å². The van der Waals surface area contributed by atoms with Crippen LogP contribution in [0.2, 0.25) is 0 Å². The predicted octanol–water partition coefficient (Wildman–Crippen LogP) is 4.13. The Morgan fingerprint density at radius 1 is 1.22 bits per heavy atom. The fourth-order valence-corrected chi connectivity index (χ4v) is 2.60. The number of aromatic nitrogens is 2. The van der Waals surface area contributed by atoms with Crippen molar-refractivity contribution >= 4 is 5.97 Å². The molecular formula is C16H17F3N2O2. The summed E-state index contributed by atoms with van der Waals surface area (Å²) in [6.07, 6.45) is -4.03. The second kappa shape index (κ2) is 6.06. The van der Waals surface area contributed by atoms with Gasteiger partial charge in [0.25, 0.3) is 0 Å². The van der Waals surface area contributed by atoms with E-state index in [2.05, 4.69) is 5.10 Å². The van der Waals surface area contributed by atoms with E-state index < -0.39 is 12.3 Å². The summed E-state index contributed by atoms with van der Waals surface area (Å²) in [4.78, 5) is 12.0. The van der Waals surface area contributed by atoms with E-state index in [1.165, 1.54) is 0 Å². The Hall–Kier alpha value is -2.31. The molecule has 0 N–H and O–H groups in total. The van der Waals surface area contributed by atoms with Gasteiger partial charge in [-0.2, -0.15) is 9.78 Å². The van der Waals surface area contributed by atoms with E-state index >= 15 is 0 Å². The number of aryl methyl sites for hydroxylation is 3. The summed E-state index contributed by atoms with van der Waals surface area (Å²) >= 11 is 0. The summed E-state index contributed by atoms with van der Waals surface area (Å²) in [5.41, 5.74) is 2.79. The van der Waals surface area contributed by atoms with Crippen LogP contribution in [-0.4, -0.2) is 22.4 Å². The van der Waals surface area contributed by atoms with Crippen molar-refractivity contribution in [2.45, 2.75) is 34.0 Å². The third-order valence-corrected chi connectivity index (χ3v) is 3.38. The average molecular weight is 326 g/mol. The number of esters is 1. The maximum absolute atomic E-state index is 13.0. The van der Waals surface area contributed by atoms with Gasteiger partial charge in [-0.05, 0) is 38.8 Å². The summed E-state index contributed by atoms with van der Waals surface area (Å²) in [6.45, 7) is 7.10. The lowest BCUT2D eigenvalue weighted by molar-refractivity contribution is -0.212. The summed E-state index contributed by atoms with van der Waals surface area (Å²) in [5.74, 6) is -0.822. The summed E-state index contributed by atoms with van der Waals surface area (Å²) < 4.78 is 43.6. The van der Waals surface area contributed by atoms with Crippen LogP contribution in [0.15, 0.2) is 18.3 Å².